The Labute approximate surface area is 142 Å². The molecule has 2 N–H and O–H groups in total. The second-order valence-corrected chi connectivity index (χ2v) is 6.96. The third kappa shape index (κ3) is 4.54. The van der Waals surface area contributed by atoms with Crippen LogP contribution in [0.4, 0.5) is 0 Å². The SMILES string of the molecule is CCCc1cn(CC[C@@H]2CC[C@@H](NC(=O)C3CC3)[C@@H](CO)O2)nn1. The monoisotopic (exact) mass is 336 g/mol. The van der Waals surface area contributed by atoms with Gasteiger partial charge >= 0.3 is 0 Å². The molecule has 0 radical (unpaired) electrons. The number of rotatable bonds is 8. The molecule has 24 heavy (non-hydrogen) atoms. The Kier molecular flexibility index (Phi) is 5.84. The van der Waals surface area contributed by atoms with Crippen molar-refractivity contribution in [1.82, 2.24) is 20.3 Å². The van der Waals surface area contributed by atoms with Crippen molar-refractivity contribution < 1.29 is 14.6 Å². The molecule has 1 aliphatic heterocycles. The van der Waals surface area contributed by atoms with Gasteiger partial charge in [-0.1, -0.05) is 18.6 Å². The molecule has 1 saturated carbocycles. The zero-order valence-electron chi connectivity index (χ0n) is 14.4. The van der Waals surface area contributed by atoms with Crippen molar-refractivity contribution in [3.63, 3.8) is 0 Å². The predicted octanol–water partition coefficient (Wildman–Crippen LogP) is 1.06. The van der Waals surface area contributed by atoms with E-state index in [4.69, 9.17) is 4.74 Å². The van der Waals surface area contributed by atoms with Crippen LogP contribution in [0.1, 0.15) is 51.1 Å². The lowest BCUT2D eigenvalue weighted by Gasteiger charge is -2.36. The van der Waals surface area contributed by atoms with E-state index in [1.54, 1.807) is 0 Å². The van der Waals surface area contributed by atoms with Gasteiger partial charge < -0.3 is 15.2 Å². The average molecular weight is 336 g/mol. The molecule has 1 aromatic heterocycles. The Morgan fingerprint density at radius 3 is 2.96 bits per heavy atom. The molecule has 2 fully saturated rings. The maximum absolute atomic E-state index is 11.9. The second-order valence-electron chi connectivity index (χ2n) is 6.96. The number of nitrogens with one attached hydrogen (secondary N) is 1. The molecule has 0 unspecified atom stereocenters. The molecule has 1 aromatic rings. The highest BCUT2D eigenvalue weighted by molar-refractivity contribution is 5.81. The summed E-state index contributed by atoms with van der Waals surface area (Å²) in [5, 5.41) is 20.9. The molecular formula is C17H28N4O3. The van der Waals surface area contributed by atoms with Crippen molar-refractivity contribution in [2.24, 2.45) is 5.92 Å². The minimum Gasteiger partial charge on any atom is -0.394 e. The Morgan fingerprint density at radius 1 is 1.42 bits per heavy atom. The van der Waals surface area contributed by atoms with Crippen molar-refractivity contribution in [2.45, 2.75) is 76.7 Å². The van der Waals surface area contributed by atoms with Gasteiger partial charge in [0.1, 0.15) is 6.10 Å². The van der Waals surface area contributed by atoms with Gasteiger partial charge in [-0.15, -0.1) is 5.10 Å². The molecule has 2 heterocycles. The summed E-state index contributed by atoms with van der Waals surface area (Å²) in [6, 6.07) is -0.0677. The van der Waals surface area contributed by atoms with Crippen LogP contribution in [-0.4, -0.2) is 50.9 Å². The molecule has 1 aliphatic carbocycles. The summed E-state index contributed by atoms with van der Waals surface area (Å²) in [6.45, 7) is 2.83. The number of nitrogens with zero attached hydrogens (tertiary/aromatic N) is 3. The van der Waals surface area contributed by atoms with E-state index in [0.717, 1.165) is 57.2 Å². The van der Waals surface area contributed by atoms with E-state index < -0.39 is 0 Å². The summed E-state index contributed by atoms with van der Waals surface area (Å²) in [5.74, 6) is 0.304. The van der Waals surface area contributed by atoms with Gasteiger partial charge in [-0.3, -0.25) is 9.48 Å². The molecule has 1 saturated heterocycles. The number of aryl methyl sites for hydroxylation is 2. The van der Waals surface area contributed by atoms with Crippen LogP contribution >= 0.6 is 0 Å². The Morgan fingerprint density at radius 2 is 2.25 bits per heavy atom. The highest BCUT2D eigenvalue weighted by Crippen LogP contribution is 2.30. The number of aliphatic hydroxyl groups is 1. The van der Waals surface area contributed by atoms with Gasteiger partial charge in [-0.2, -0.15) is 0 Å². The van der Waals surface area contributed by atoms with Gasteiger partial charge in [0.25, 0.3) is 0 Å². The summed E-state index contributed by atoms with van der Waals surface area (Å²) in [5.41, 5.74) is 1.03. The molecule has 3 rings (SSSR count). The molecule has 1 amide bonds. The number of aromatic nitrogens is 3. The maximum atomic E-state index is 11.9. The number of hydrogen-bond acceptors (Lipinski definition) is 5. The first-order chi connectivity index (χ1) is 11.7. The lowest BCUT2D eigenvalue weighted by atomic mass is 9.97. The van der Waals surface area contributed by atoms with E-state index >= 15 is 0 Å². The molecule has 7 heteroatoms. The predicted molar refractivity (Wildman–Crippen MR) is 88.3 cm³/mol. The van der Waals surface area contributed by atoms with Crippen molar-refractivity contribution in [1.29, 1.82) is 0 Å². The van der Waals surface area contributed by atoms with E-state index in [-0.39, 0.29) is 36.7 Å². The minimum absolute atomic E-state index is 0.0594. The second kappa shape index (κ2) is 8.07. The number of hydrogen-bond donors (Lipinski definition) is 2. The van der Waals surface area contributed by atoms with Crippen LogP contribution in [0.3, 0.4) is 0 Å². The summed E-state index contributed by atoms with van der Waals surface area (Å²) >= 11 is 0. The maximum Gasteiger partial charge on any atom is 0.223 e. The fourth-order valence-electron chi connectivity index (χ4n) is 3.25. The smallest absolute Gasteiger partial charge is 0.223 e. The van der Waals surface area contributed by atoms with Gasteiger partial charge in [-0.25, -0.2) is 0 Å². The Bertz CT molecular complexity index is 544. The van der Waals surface area contributed by atoms with Crippen molar-refractivity contribution >= 4 is 5.91 Å². The van der Waals surface area contributed by atoms with Crippen LogP contribution < -0.4 is 5.32 Å². The molecule has 2 aliphatic rings. The Hall–Kier alpha value is -1.47. The van der Waals surface area contributed by atoms with Gasteiger partial charge in [0.2, 0.25) is 5.91 Å². The summed E-state index contributed by atoms with van der Waals surface area (Å²) in [7, 11) is 0. The molecule has 3 atom stereocenters. The fraction of sp³-hybridized carbons (Fsp3) is 0.824. The highest BCUT2D eigenvalue weighted by Gasteiger charge is 2.36. The number of amides is 1. The summed E-state index contributed by atoms with van der Waals surface area (Å²) < 4.78 is 7.86. The molecule has 0 aromatic carbocycles. The first-order valence-corrected chi connectivity index (χ1v) is 9.15. The third-order valence-corrected chi connectivity index (χ3v) is 4.84. The highest BCUT2D eigenvalue weighted by atomic mass is 16.5. The summed E-state index contributed by atoms with van der Waals surface area (Å²) in [4.78, 5) is 11.9. The largest absolute Gasteiger partial charge is 0.394 e. The van der Waals surface area contributed by atoms with Crippen LogP contribution in [0.5, 0.6) is 0 Å². The van der Waals surface area contributed by atoms with Crippen LogP contribution in [0.25, 0.3) is 0 Å². The molecular weight excluding hydrogens is 308 g/mol. The molecule has 134 valence electrons. The minimum atomic E-state index is -0.308. The van der Waals surface area contributed by atoms with Gasteiger partial charge in [0.05, 0.1) is 24.4 Å². The molecule has 7 nitrogen and oxygen atoms in total. The first kappa shape index (κ1) is 17.4. The normalized spacial score (nSPS) is 27.2. The third-order valence-electron chi connectivity index (χ3n) is 4.84. The molecule has 0 bridgehead atoms. The van der Waals surface area contributed by atoms with Crippen LogP contribution in [0, 0.1) is 5.92 Å². The molecule has 0 spiro atoms. The van der Waals surface area contributed by atoms with Crippen LogP contribution in [0.2, 0.25) is 0 Å². The lowest BCUT2D eigenvalue weighted by Crippen LogP contribution is -2.51. The van der Waals surface area contributed by atoms with Crippen molar-refractivity contribution in [3.8, 4) is 0 Å². The zero-order valence-corrected chi connectivity index (χ0v) is 14.4. The number of aliphatic hydroxyl groups excluding tert-OH is 1. The van der Waals surface area contributed by atoms with E-state index in [2.05, 4.69) is 22.6 Å². The lowest BCUT2D eigenvalue weighted by molar-refractivity contribution is -0.129. The standard InChI is InChI=1S/C17H28N4O3/c1-2-3-13-10-21(20-19-13)9-8-14-6-7-15(16(11-22)24-14)18-17(23)12-4-5-12/h10,12,14-16,22H,2-9,11H2,1H3,(H,18,23)/t14-,15+,16+/m0/s1. The average Bonchev–Trinajstić information content (AvgIpc) is 3.35. The van der Waals surface area contributed by atoms with E-state index in [1.165, 1.54) is 0 Å². The van der Waals surface area contributed by atoms with Crippen molar-refractivity contribution in [3.05, 3.63) is 11.9 Å². The quantitative estimate of drug-likeness (QED) is 0.741. The van der Waals surface area contributed by atoms with Gasteiger partial charge in [0, 0.05) is 18.7 Å². The van der Waals surface area contributed by atoms with E-state index in [1.807, 2.05) is 10.9 Å². The zero-order chi connectivity index (χ0) is 16.9. The van der Waals surface area contributed by atoms with Crippen molar-refractivity contribution in [2.75, 3.05) is 6.61 Å². The van der Waals surface area contributed by atoms with Crippen LogP contribution in [-0.2, 0) is 22.5 Å². The van der Waals surface area contributed by atoms with E-state index in [9.17, 15) is 9.90 Å². The summed E-state index contributed by atoms with van der Waals surface area (Å²) in [6.07, 6.45) is 8.37. The number of ether oxygens (including phenoxy) is 1. The van der Waals surface area contributed by atoms with Gasteiger partial charge in [-0.05, 0) is 38.5 Å². The Balaban J connectivity index is 1.45. The number of carbonyl (C=O) groups is 1. The van der Waals surface area contributed by atoms with E-state index in [0.29, 0.717) is 0 Å². The van der Waals surface area contributed by atoms with Crippen LogP contribution in [0.15, 0.2) is 6.20 Å². The fourth-order valence-corrected chi connectivity index (χ4v) is 3.25. The van der Waals surface area contributed by atoms with Gasteiger partial charge in [0.15, 0.2) is 0 Å². The first-order valence-electron chi connectivity index (χ1n) is 9.15. The topological polar surface area (TPSA) is 89.3 Å². The number of carbonyl (C=O) groups excluding carboxylic acids is 1.